The van der Waals surface area contributed by atoms with Gasteiger partial charge in [0.1, 0.15) is 24.2 Å². The number of methoxy groups -OCH3 is 2. The van der Waals surface area contributed by atoms with Crippen molar-refractivity contribution in [2.24, 2.45) is 5.41 Å². The minimum absolute atomic E-state index is 0.0202. The minimum Gasteiger partial charge on any atom is -0.496 e. The van der Waals surface area contributed by atoms with Crippen molar-refractivity contribution in [3.05, 3.63) is 23.3 Å². The van der Waals surface area contributed by atoms with Crippen LogP contribution in [0.4, 0.5) is 0 Å². The van der Waals surface area contributed by atoms with Crippen molar-refractivity contribution in [3.8, 4) is 11.5 Å². The summed E-state index contributed by atoms with van der Waals surface area (Å²) in [7, 11) is 2.81. The van der Waals surface area contributed by atoms with Crippen LogP contribution in [0.3, 0.4) is 0 Å². The molecule has 4 rings (SSSR count). The summed E-state index contributed by atoms with van der Waals surface area (Å²) in [6.07, 6.45) is 0.261. The highest BCUT2D eigenvalue weighted by Gasteiger charge is 2.73. The fourth-order valence-corrected chi connectivity index (χ4v) is 5.14. The monoisotopic (exact) mass is 360 g/mol. The van der Waals surface area contributed by atoms with Crippen LogP contribution < -0.4 is 9.47 Å². The van der Waals surface area contributed by atoms with Gasteiger partial charge in [0.2, 0.25) is 0 Å². The second-order valence-electron chi connectivity index (χ2n) is 7.09. The van der Waals surface area contributed by atoms with Gasteiger partial charge in [-0.1, -0.05) is 0 Å². The molecule has 1 heterocycles. The summed E-state index contributed by atoms with van der Waals surface area (Å²) in [6, 6.07) is 3.42. The van der Waals surface area contributed by atoms with E-state index in [1.807, 2.05) is 0 Å². The lowest BCUT2D eigenvalue weighted by Gasteiger charge is -2.45. The molecule has 0 saturated heterocycles. The van der Waals surface area contributed by atoms with Crippen LogP contribution in [0.25, 0.3) is 0 Å². The number of ketones is 1. The van der Waals surface area contributed by atoms with Gasteiger partial charge in [0.05, 0.1) is 30.6 Å². The molecule has 3 atom stereocenters. The Balaban J connectivity index is 2.03. The molecule has 1 aromatic rings. The Labute approximate surface area is 150 Å². The molecule has 1 aromatic carbocycles. The summed E-state index contributed by atoms with van der Waals surface area (Å²) in [5.74, 6) is -0.120. The van der Waals surface area contributed by atoms with Crippen molar-refractivity contribution in [1.29, 1.82) is 0 Å². The van der Waals surface area contributed by atoms with Gasteiger partial charge in [0.25, 0.3) is 0 Å². The van der Waals surface area contributed by atoms with Crippen LogP contribution >= 0.6 is 0 Å². The lowest BCUT2D eigenvalue weighted by Crippen LogP contribution is -2.58. The molecule has 7 nitrogen and oxygen atoms in total. The second kappa shape index (κ2) is 5.46. The van der Waals surface area contributed by atoms with Crippen LogP contribution in [0.15, 0.2) is 12.1 Å². The molecular weight excluding hydrogens is 340 g/mol. The van der Waals surface area contributed by atoms with Crippen LogP contribution in [0.1, 0.15) is 42.1 Å². The summed E-state index contributed by atoms with van der Waals surface area (Å²) in [5, 5.41) is 0. The number of ether oxygens (including phenoxy) is 4. The molecule has 0 bridgehead atoms. The van der Waals surface area contributed by atoms with Gasteiger partial charge in [-0.15, -0.1) is 0 Å². The maximum absolute atomic E-state index is 13.0. The zero-order valence-electron chi connectivity index (χ0n) is 14.9. The highest BCUT2D eigenvalue weighted by molar-refractivity contribution is 6.07. The maximum Gasteiger partial charge on any atom is 0.313 e. The largest absolute Gasteiger partial charge is 0.496 e. The van der Waals surface area contributed by atoms with E-state index in [0.29, 0.717) is 35.5 Å². The molecule has 7 heteroatoms. The highest BCUT2D eigenvalue weighted by Crippen LogP contribution is 2.66. The third kappa shape index (κ3) is 1.80. The molecule has 1 aliphatic heterocycles. The second-order valence-corrected chi connectivity index (χ2v) is 7.09. The maximum atomic E-state index is 13.0. The first kappa shape index (κ1) is 16.9. The van der Waals surface area contributed by atoms with E-state index >= 15 is 0 Å². The SMILES string of the molecule is COC(=O)[C@]12CC[C@H](OC(C)=O)[C@@]13COc1ccc(OC)c(c13)C(=O)C2. The summed E-state index contributed by atoms with van der Waals surface area (Å²) in [5.41, 5.74) is -1.02. The Kier molecular flexibility index (Phi) is 3.54. The Hall–Kier alpha value is -2.57. The van der Waals surface area contributed by atoms with E-state index in [4.69, 9.17) is 18.9 Å². The van der Waals surface area contributed by atoms with E-state index in [9.17, 15) is 14.4 Å². The van der Waals surface area contributed by atoms with Gasteiger partial charge in [-0.2, -0.15) is 0 Å². The molecule has 0 aromatic heterocycles. The molecule has 0 unspecified atom stereocenters. The van der Waals surface area contributed by atoms with Crippen molar-refractivity contribution < 1.29 is 33.3 Å². The molecule has 2 aliphatic carbocycles. The topological polar surface area (TPSA) is 88.1 Å². The van der Waals surface area contributed by atoms with E-state index in [-0.39, 0.29) is 18.8 Å². The Morgan fingerprint density at radius 1 is 1.27 bits per heavy atom. The normalized spacial score (nSPS) is 30.9. The summed E-state index contributed by atoms with van der Waals surface area (Å²) in [4.78, 5) is 37.7. The van der Waals surface area contributed by atoms with Gasteiger partial charge in [-0.05, 0) is 25.0 Å². The van der Waals surface area contributed by atoms with Crippen molar-refractivity contribution in [2.45, 2.75) is 37.7 Å². The van der Waals surface area contributed by atoms with Crippen LogP contribution in [-0.2, 0) is 24.5 Å². The smallest absolute Gasteiger partial charge is 0.313 e. The highest BCUT2D eigenvalue weighted by atomic mass is 16.6. The van der Waals surface area contributed by atoms with Crippen LogP contribution in [0, 0.1) is 5.41 Å². The predicted octanol–water partition coefficient (Wildman–Crippen LogP) is 1.80. The number of hydrogen-bond acceptors (Lipinski definition) is 7. The molecule has 1 spiro atoms. The zero-order chi connectivity index (χ0) is 18.7. The van der Waals surface area contributed by atoms with Gasteiger partial charge < -0.3 is 18.9 Å². The Morgan fingerprint density at radius 2 is 2.04 bits per heavy atom. The van der Waals surface area contributed by atoms with Crippen LogP contribution in [-0.4, -0.2) is 44.7 Å². The van der Waals surface area contributed by atoms with Crippen LogP contribution in [0.2, 0.25) is 0 Å². The van der Waals surface area contributed by atoms with E-state index in [0.717, 1.165) is 0 Å². The molecule has 0 amide bonds. The zero-order valence-corrected chi connectivity index (χ0v) is 14.9. The standard InChI is InChI=1S/C19H20O7/c1-10(20)26-14-6-7-18(17(22)24-3)8-11(21)15-12(23-2)4-5-13-16(15)19(14,18)9-25-13/h4-5,14H,6-9H2,1-3H3/t14-,18+,19+/m0/s1. The molecule has 26 heavy (non-hydrogen) atoms. The Bertz CT molecular complexity index is 829. The molecule has 1 fully saturated rings. The first-order chi connectivity index (χ1) is 12.4. The third-order valence-electron chi connectivity index (χ3n) is 6.11. The van der Waals surface area contributed by atoms with E-state index in [2.05, 4.69) is 0 Å². The molecular formula is C19H20O7. The number of carbonyl (C=O) groups excluding carboxylic acids is 3. The molecule has 1 saturated carbocycles. The molecule has 0 radical (unpaired) electrons. The number of carbonyl (C=O) groups is 3. The van der Waals surface area contributed by atoms with Gasteiger partial charge in [0, 0.05) is 18.9 Å². The van der Waals surface area contributed by atoms with Gasteiger partial charge >= 0.3 is 11.9 Å². The Morgan fingerprint density at radius 3 is 2.69 bits per heavy atom. The molecule has 0 N–H and O–H groups in total. The van der Waals surface area contributed by atoms with Gasteiger partial charge in [0.15, 0.2) is 5.78 Å². The number of hydrogen-bond donors (Lipinski definition) is 0. The fourth-order valence-electron chi connectivity index (χ4n) is 5.14. The third-order valence-corrected chi connectivity index (χ3v) is 6.11. The summed E-state index contributed by atoms with van der Waals surface area (Å²) in [6.45, 7) is 1.49. The van der Waals surface area contributed by atoms with Crippen molar-refractivity contribution in [3.63, 3.8) is 0 Å². The lowest BCUT2D eigenvalue weighted by molar-refractivity contribution is -0.164. The van der Waals surface area contributed by atoms with Gasteiger partial charge in [-0.3, -0.25) is 14.4 Å². The fraction of sp³-hybridized carbons (Fsp3) is 0.526. The predicted molar refractivity (Wildman–Crippen MR) is 88.4 cm³/mol. The summed E-state index contributed by atoms with van der Waals surface area (Å²) >= 11 is 0. The number of rotatable bonds is 3. The first-order valence-electron chi connectivity index (χ1n) is 8.54. The molecule has 138 valence electrons. The lowest BCUT2D eigenvalue weighted by atomic mass is 9.55. The van der Waals surface area contributed by atoms with Crippen molar-refractivity contribution in [1.82, 2.24) is 0 Å². The first-order valence-corrected chi connectivity index (χ1v) is 8.54. The number of esters is 2. The van der Waals surface area contributed by atoms with Crippen LogP contribution in [0.5, 0.6) is 11.5 Å². The quantitative estimate of drug-likeness (QED) is 0.760. The van der Waals surface area contributed by atoms with Gasteiger partial charge in [-0.25, -0.2) is 0 Å². The van der Waals surface area contributed by atoms with E-state index < -0.39 is 28.9 Å². The van der Waals surface area contributed by atoms with E-state index in [1.165, 1.54) is 21.1 Å². The number of Topliss-reactive ketones (excluding diaryl/α,β-unsaturated/α-hetero) is 1. The average Bonchev–Trinajstić information content (AvgIpc) is 3.16. The average molecular weight is 360 g/mol. The summed E-state index contributed by atoms with van der Waals surface area (Å²) < 4.78 is 22.0. The molecule has 3 aliphatic rings. The van der Waals surface area contributed by atoms with Crippen molar-refractivity contribution >= 4 is 17.7 Å². The number of benzene rings is 1. The van der Waals surface area contributed by atoms with E-state index in [1.54, 1.807) is 12.1 Å². The minimum atomic E-state index is -1.11. The van der Waals surface area contributed by atoms with Crippen molar-refractivity contribution in [2.75, 3.05) is 20.8 Å².